The summed E-state index contributed by atoms with van der Waals surface area (Å²) in [5.41, 5.74) is 3.08. The molecule has 0 aliphatic heterocycles. The molecule has 0 bridgehead atoms. The van der Waals surface area contributed by atoms with Crippen molar-refractivity contribution in [2.45, 2.75) is 0 Å². The zero-order valence-corrected chi connectivity index (χ0v) is 16.5. The van der Waals surface area contributed by atoms with Crippen molar-refractivity contribution in [2.24, 2.45) is 0 Å². The van der Waals surface area contributed by atoms with Gasteiger partial charge in [0.2, 0.25) is 0 Å². The van der Waals surface area contributed by atoms with Crippen LogP contribution >= 0.6 is 12.4 Å². The standard InChI is InChI=1S/C21H21N3O4.ClH/c25-12-10-23(11-13-26)21-15-17(22-20-7-2-1-6-19(20)21)9-8-16-4-3-5-18(14-16)24(27)28;/h1-9,14-15,25-26H,10-13H2;1H/b9-8+;. The second-order valence-electron chi connectivity index (χ2n) is 6.20. The molecular weight excluding hydrogens is 394 g/mol. The first-order chi connectivity index (χ1) is 13.6. The van der Waals surface area contributed by atoms with E-state index in [1.165, 1.54) is 12.1 Å². The van der Waals surface area contributed by atoms with E-state index in [-0.39, 0.29) is 31.3 Å². The number of aromatic nitrogens is 1. The second kappa shape index (κ2) is 10.5. The monoisotopic (exact) mass is 415 g/mol. The Bertz CT molecular complexity index is 1000. The van der Waals surface area contributed by atoms with Gasteiger partial charge in [0.15, 0.2) is 0 Å². The van der Waals surface area contributed by atoms with Crippen molar-refractivity contribution in [3.8, 4) is 0 Å². The zero-order valence-electron chi connectivity index (χ0n) is 15.6. The van der Waals surface area contributed by atoms with E-state index >= 15 is 0 Å². The van der Waals surface area contributed by atoms with E-state index in [9.17, 15) is 20.3 Å². The normalized spacial score (nSPS) is 10.8. The van der Waals surface area contributed by atoms with Crippen LogP contribution in [0.25, 0.3) is 23.1 Å². The SMILES string of the molecule is Cl.O=[N+]([O-])c1cccc(/C=C/c2cc(N(CCO)CCO)c3ccccc3n2)c1. The second-order valence-corrected chi connectivity index (χ2v) is 6.20. The zero-order chi connectivity index (χ0) is 19.9. The van der Waals surface area contributed by atoms with Gasteiger partial charge in [0.1, 0.15) is 0 Å². The van der Waals surface area contributed by atoms with E-state index in [1.807, 2.05) is 35.2 Å². The number of nitro groups is 1. The first-order valence-corrected chi connectivity index (χ1v) is 8.91. The highest BCUT2D eigenvalue weighted by atomic mass is 35.5. The van der Waals surface area contributed by atoms with E-state index < -0.39 is 4.92 Å². The van der Waals surface area contributed by atoms with Gasteiger partial charge in [0.05, 0.1) is 29.3 Å². The first kappa shape index (κ1) is 22.3. The third-order valence-electron chi connectivity index (χ3n) is 4.32. The molecular formula is C21H22ClN3O4. The molecule has 0 spiro atoms. The van der Waals surface area contributed by atoms with Crippen LogP contribution in [0.4, 0.5) is 11.4 Å². The van der Waals surface area contributed by atoms with Gasteiger partial charge >= 0.3 is 0 Å². The van der Waals surface area contributed by atoms with Gasteiger partial charge in [-0.25, -0.2) is 4.98 Å². The van der Waals surface area contributed by atoms with Gasteiger partial charge in [-0.15, -0.1) is 12.4 Å². The number of aliphatic hydroxyl groups excluding tert-OH is 2. The fraction of sp³-hybridized carbons (Fsp3) is 0.190. The van der Waals surface area contributed by atoms with Gasteiger partial charge in [-0.3, -0.25) is 10.1 Å². The molecule has 0 aliphatic rings. The summed E-state index contributed by atoms with van der Waals surface area (Å²) in [4.78, 5) is 17.1. The lowest BCUT2D eigenvalue weighted by atomic mass is 10.1. The molecule has 2 aromatic carbocycles. The Hall–Kier alpha value is -3.00. The number of hydrogen-bond acceptors (Lipinski definition) is 6. The predicted octanol–water partition coefficient (Wildman–Crippen LogP) is 3.53. The van der Waals surface area contributed by atoms with Crippen LogP contribution in [0.2, 0.25) is 0 Å². The van der Waals surface area contributed by atoms with E-state index in [4.69, 9.17) is 0 Å². The van der Waals surface area contributed by atoms with Gasteiger partial charge in [-0.05, 0) is 23.8 Å². The largest absolute Gasteiger partial charge is 0.395 e. The summed E-state index contributed by atoms with van der Waals surface area (Å²) >= 11 is 0. The molecule has 2 N–H and O–H groups in total. The van der Waals surface area contributed by atoms with Crippen molar-refractivity contribution < 1.29 is 15.1 Å². The summed E-state index contributed by atoms with van der Waals surface area (Å²) in [5.74, 6) is 0. The molecule has 0 aliphatic carbocycles. The van der Waals surface area contributed by atoms with Crippen LogP contribution in [0, 0.1) is 10.1 Å². The van der Waals surface area contributed by atoms with Crippen molar-refractivity contribution in [1.82, 2.24) is 4.98 Å². The molecule has 7 nitrogen and oxygen atoms in total. The Morgan fingerprint density at radius 2 is 1.72 bits per heavy atom. The Morgan fingerprint density at radius 1 is 1.00 bits per heavy atom. The van der Waals surface area contributed by atoms with Crippen LogP contribution in [0.5, 0.6) is 0 Å². The highest BCUT2D eigenvalue weighted by Gasteiger charge is 2.12. The summed E-state index contributed by atoms with van der Waals surface area (Å²) in [6.07, 6.45) is 3.57. The smallest absolute Gasteiger partial charge is 0.270 e. The predicted molar refractivity (Wildman–Crippen MR) is 117 cm³/mol. The minimum atomic E-state index is -0.425. The van der Waals surface area contributed by atoms with Crippen molar-refractivity contribution in [3.05, 3.63) is 76.0 Å². The number of aliphatic hydroxyl groups is 2. The fourth-order valence-corrected chi connectivity index (χ4v) is 3.04. The minimum absolute atomic E-state index is 0. The molecule has 0 saturated carbocycles. The number of anilines is 1. The lowest BCUT2D eigenvalue weighted by molar-refractivity contribution is -0.384. The van der Waals surface area contributed by atoms with Crippen LogP contribution in [-0.2, 0) is 0 Å². The molecule has 0 fully saturated rings. The molecule has 0 amide bonds. The van der Waals surface area contributed by atoms with Crippen molar-refractivity contribution >= 4 is 46.8 Å². The molecule has 1 heterocycles. The average molecular weight is 416 g/mol. The summed E-state index contributed by atoms with van der Waals surface area (Å²) in [6, 6.07) is 15.9. The molecule has 0 saturated heterocycles. The maximum absolute atomic E-state index is 10.9. The lowest BCUT2D eigenvalue weighted by Gasteiger charge is -2.24. The van der Waals surface area contributed by atoms with Crippen LogP contribution in [0.15, 0.2) is 54.6 Å². The number of halogens is 1. The van der Waals surface area contributed by atoms with E-state index in [1.54, 1.807) is 24.3 Å². The molecule has 0 radical (unpaired) electrons. The van der Waals surface area contributed by atoms with Crippen LogP contribution in [0.3, 0.4) is 0 Å². The van der Waals surface area contributed by atoms with Gasteiger partial charge in [-0.2, -0.15) is 0 Å². The quantitative estimate of drug-likeness (QED) is 0.431. The maximum Gasteiger partial charge on any atom is 0.270 e. The molecule has 152 valence electrons. The molecule has 3 rings (SSSR count). The highest BCUT2D eigenvalue weighted by molar-refractivity contribution is 5.93. The molecule has 0 unspecified atom stereocenters. The fourth-order valence-electron chi connectivity index (χ4n) is 3.04. The summed E-state index contributed by atoms with van der Waals surface area (Å²) in [5, 5.41) is 30.6. The molecule has 29 heavy (non-hydrogen) atoms. The molecule has 0 atom stereocenters. The minimum Gasteiger partial charge on any atom is -0.395 e. The van der Waals surface area contributed by atoms with Gasteiger partial charge in [-0.1, -0.05) is 36.4 Å². The number of nitrogens with zero attached hydrogens (tertiary/aromatic N) is 3. The highest BCUT2D eigenvalue weighted by Crippen LogP contribution is 2.27. The summed E-state index contributed by atoms with van der Waals surface area (Å²) in [6.45, 7) is 0.718. The summed E-state index contributed by atoms with van der Waals surface area (Å²) < 4.78 is 0. The number of nitro benzene ring substituents is 1. The first-order valence-electron chi connectivity index (χ1n) is 8.91. The Morgan fingerprint density at radius 3 is 2.41 bits per heavy atom. The van der Waals surface area contributed by atoms with Gasteiger partial charge < -0.3 is 15.1 Å². The Balaban J connectivity index is 0.00000300. The third-order valence-corrected chi connectivity index (χ3v) is 4.32. The number of hydrogen-bond donors (Lipinski definition) is 2. The van der Waals surface area contributed by atoms with E-state index in [0.717, 1.165) is 16.6 Å². The van der Waals surface area contributed by atoms with Crippen molar-refractivity contribution in [3.63, 3.8) is 0 Å². The summed E-state index contributed by atoms with van der Waals surface area (Å²) in [7, 11) is 0. The van der Waals surface area contributed by atoms with Crippen molar-refractivity contribution in [2.75, 3.05) is 31.2 Å². The lowest BCUT2D eigenvalue weighted by Crippen LogP contribution is -2.30. The Labute approximate surface area is 174 Å². The molecule has 8 heteroatoms. The van der Waals surface area contributed by atoms with Crippen molar-refractivity contribution in [1.29, 1.82) is 0 Å². The topological polar surface area (TPSA) is 99.7 Å². The van der Waals surface area contributed by atoms with Gasteiger partial charge in [0, 0.05) is 36.3 Å². The maximum atomic E-state index is 10.9. The number of fused-ring (bicyclic) bond motifs is 1. The van der Waals surface area contributed by atoms with Crippen LogP contribution < -0.4 is 4.90 Å². The van der Waals surface area contributed by atoms with Gasteiger partial charge in [0.25, 0.3) is 5.69 Å². The molecule has 3 aromatic rings. The average Bonchev–Trinajstić information content (AvgIpc) is 2.71. The van der Waals surface area contributed by atoms with E-state index in [0.29, 0.717) is 24.3 Å². The number of non-ortho nitro benzene ring substituents is 1. The number of benzene rings is 2. The van der Waals surface area contributed by atoms with Crippen LogP contribution in [-0.4, -0.2) is 46.4 Å². The number of rotatable bonds is 8. The number of pyridine rings is 1. The van der Waals surface area contributed by atoms with E-state index in [2.05, 4.69) is 4.98 Å². The van der Waals surface area contributed by atoms with Crippen LogP contribution in [0.1, 0.15) is 11.3 Å². The third kappa shape index (κ3) is 5.51. The Kier molecular flexibility index (Phi) is 8.09. The molecule has 1 aromatic heterocycles. The number of para-hydroxylation sites is 1.